The van der Waals surface area contributed by atoms with Gasteiger partial charge < -0.3 is 0 Å². The van der Waals surface area contributed by atoms with Crippen molar-refractivity contribution >= 4 is 55.5 Å². The average molecular weight is 425 g/mol. The molecule has 0 aliphatic rings. The summed E-state index contributed by atoms with van der Waals surface area (Å²) in [4.78, 5) is 0. The van der Waals surface area contributed by atoms with Crippen molar-refractivity contribution in [3.05, 3.63) is 48.5 Å². The van der Waals surface area contributed by atoms with E-state index in [1.54, 1.807) is 26.2 Å². The van der Waals surface area contributed by atoms with Gasteiger partial charge in [0.05, 0.1) is 0 Å². The van der Waals surface area contributed by atoms with Crippen LogP contribution in [-0.2, 0) is 0 Å². The molecule has 0 N–H and O–H groups in total. The molecule has 0 atom stereocenters. The Kier molecular flexibility index (Phi) is 5.10. The standard InChI is InChI=1S/2C8H10FSi.Sn/c2*1-10(2,9)8-6-4-3-5-7-8;/h2*3-6H,1-2H3;. The van der Waals surface area contributed by atoms with E-state index in [0.29, 0.717) is 0 Å². The summed E-state index contributed by atoms with van der Waals surface area (Å²) in [6.07, 6.45) is 0. The predicted octanol–water partition coefficient (Wildman–Crippen LogP) is 2.10. The summed E-state index contributed by atoms with van der Waals surface area (Å²) >= 11 is -1.19. The van der Waals surface area contributed by atoms with Gasteiger partial charge in [-0.1, -0.05) is 0 Å². The van der Waals surface area contributed by atoms with Crippen LogP contribution in [0.15, 0.2) is 48.5 Å². The molecule has 0 saturated carbocycles. The van der Waals surface area contributed by atoms with E-state index in [9.17, 15) is 8.22 Å². The van der Waals surface area contributed by atoms with Gasteiger partial charge in [0.1, 0.15) is 0 Å². The summed E-state index contributed by atoms with van der Waals surface area (Å²) in [5.74, 6) is 0. The molecule has 0 amide bonds. The zero-order valence-electron chi connectivity index (χ0n) is 12.9. The summed E-state index contributed by atoms with van der Waals surface area (Å²) in [7, 11) is -5.67. The second-order valence-electron chi connectivity index (χ2n) is 6.16. The first kappa shape index (κ1) is 16.9. The predicted molar refractivity (Wildman–Crippen MR) is 94.4 cm³/mol. The molecular formula is C16H20F2Si2Sn. The summed E-state index contributed by atoms with van der Waals surface area (Å²) in [6, 6.07) is 15.7. The number of benzene rings is 2. The monoisotopic (exact) mass is 426 g/mol. The van der Waals surface area contributed by atoms with E-state index in [1.165, 1.54) is 0 Å². The first-order chi connectivity index (χ1) is 9.69. The van der Waals surface area contributed by atoms with E-state index in [1.807, 2.05) is 48.5 Å². The summed E-state index contributed by atoms with van der Waals surface area (Å²) < 4.78 is 31.4. The minimum absolute atomic E-state index is 0.893. The fraction of sp³-hybridized carbons (Fsp3) is 0.250. The van der Waals surface area contributed by atoms with Crippen LogP contribution >= 0.6 is 0 Å². The molecule has 0 spiro atoms. The Morgan fingerprint density at radius 3 is 1.33 bits per heavy atom. The van der Waals surface area contributed by atoms with Gasteiger partial charge >= 0.3 is 138 Å². The summed E-state index contributed by atoms with van der Waals surface area (Å²) in [5, 5.41) is 1.79. The van der Waals surface area contributed by atoms with E-state index in [4.69, 9.17) is 0 Å². The first-order valence-electron chi connectivity index (χ1n) is 7.03. The molecule has 0 bridgehead atoms. The molecule has 0 fully saturated rings. The van der Waals surface area contributed by atoms with Crippen molar-refractivity contribution in [2.75, 3.05) is 0 Å². The van der Waals surface area contributed by atoms with Crippen molar-refractivity contribution in [3.8, 4) is 0 Å². The van der Waals surface area contributed by atoms with Crippen LogP contribution in [0.5, 0.6) is 0 Å². The zero-order valence-corrected chi connectivity index (χ0v) is 17.7. The van der Waals surface area contributed by atoms with Crippen molar-refractivity contribution in [2.45, 2.75) is 26.2 Å². The van der Waals surface area contributed by atoms with Crippen LogP contribution < -0.4 is 17.5 Å². The fourth-order valence-electron chi connectivity index (χ4n) is 2.37. The van der Waals surface area contributed by atoms with Crippen molar-refractivity contribution in [2.24, 2.45) is 0 Å². The van der Waals surface area contributed by atoms with E-state index >= 15 is 0 Å². The van der Waals surface area contributed by atoms with Crippen LogP contribution in [0.1, 0.15) is 0 Å². The van der Waals surface area contributed by atoms with Crippen molar-refractivity contribution in [1.29, 1.82) is 0 Å². The van der Waals surface area contributed by atoms with Crippen molar-refractivity contribution in [3.63, 3.8) is 0 Å². The number of hydrogen-bond donors (Lipinski definition) is 0. The third-order valence-corrected chi connectivity index (χ3v) is 12.3. The van der Waals surface area contributed by atoms with Crippen LogP contribution in [0.4, 0.5) is 8.22 Å². The van der Waals surface area contributed by atoms with Crippen LogP contribution in [0, 0.1) is 0 Å². The Balaban J connectivity index is 2.45. The van der Waals surface area contributed by atoms with Gasteiger partial charge in [0, 0.05) is 0 Å². The quantitative estimate of drug-likeness (QED) is 0.520. The number of hydrogen-bond acceptors (Lipinski definition) is 0. The molecule has 0 aliphatic heterocycles. The maximum absolute atomic E-state index is 14.5. The van der Waals surface area contributed by atoms with Gasteiger partial charge in [-0.05, 0) is 0 Å². The molecule has 2 rings (SSSR count). The molecule has 0 aliphatic carbocycles. The summed E-state index contributed by atoms with van der Waals surface area (Å²) in [5.41, 5.74) is 0. The number of rotatable bonds is 4. The van der Waals surface area contributed by atoms with Gasteiger partial charge in [-0.15, -0.1) is 0 Å². The zero-order chi connectivity index (χ0) is 15.7. The van der Waals surface area contributed by atoms with E-state index in [2.05, 4.69) is 0 Å². The van der Waals surface area contributed by atoms with Gasteiger partial charge in [0.2, 0.25) is 0 Å². The van der Waals surface area contributed by atoms with Crippen LogP contribution in [-0.4, -0.2) is 38.0 Å². The SMILES string of the molecule is C[Si](C)(F)c1cccc[c]1[Sn][c]1ccccc1[Si](C)(C)F. The molecule has 0 saturated heterocycles. The van der Waals surface area contributed by atoms with Crippen molar-refractivity contribution in [1.82, 2.24) is 0 Å². The van der Waals surface area contributed by atoms with Gasteiger partial charge in [-0.2, -0.15) is 0 Å². The van der Waals surface area contributed by atoms with Crippen LogP contribution in [0.3, 0.4) is 0 Å². The molecule has 21 heavy (non-hydrogen) atoms. The Morgan fingerprint density at radius 2 is 1.00 bits per heavy atom. The Hall–Kier alpha value is -0.468. The maximum atomic E-state index is 14.5. The summed E-state index contributed by atoms with van der Waals surface area (Å²) in [6.45, 7) is 6.91. The topological polar surface area (TPSA) is 0 Å². The second kappa shape index (κ2) is 6.34. The third kappa shape index (κ3) is 4.26. The second-order valence-corrected chi connectivity index (χ2v) is 16.9. The van der Waals surface area contributed by atoms with Gasteiger partial charge in [0.15, 0.2) is 0 Å². The molecule has 0 nitrogen and oxygen atoms in total. The molecule has 2 radical (unpaired) electrons. The molecule has 0 aromatic heterocycles. The van der Waals surface area contributed by atoms with E-state index < -0.39 is 38.0 Å². The first-order valence-corrected chi connectivity index (χ1v) is 15.6. The third-order valence-electron chi connectivity index (χ3n) is 3.40. The molecule has 2 aromatic carbocycles. The Labute approximate surface area is 138 Å². The van der Waals surface area contributed by atoms with Crippen LogP contribution in [0.25, 0.3) is 0 Å². The molecular weight excluding hydrogens is 405 g/mol. The molecule has 0 unspecified atom stereocenters. The van der Waals surface area contributed by atoms with E-state index in [0.717, 1.165) is 17.5 Å². The molecule has 5 heteroatoms. The van der Waals surface area contributed by atoms with Gasteiger partial charge in [-0.25, -0.2) is 0 Å². The molecule has 0 heterocycles. The van der Waals surface area contributed by atoms with Crippen molar-refractivity contribution < 1.29 is 8.22 Å². The Morgan fingerprint density at radius 1 is 0.667 bits per heavy atom. The fourth-order valence-corrected chi connectivity index (χ4v) is 13.8. The van der Waals surface area contributed by atoms with E-state index in [-0.39, 0.29) is 0 Å². The van der Waals surface area contributed by atoms with Gasteiger partial charge in [-0.3, -0.25) is 0 Å². The average Bonchev–Trinajstić information content (AvgIpc) is 2.37. The van der Waals surface area contributed by atoms with Gasteiger partial charge in [0.25, 0.3) is 0 Å². The normalized spacial score (nSPS) is 12.5. The van der Waals surface area contributed by atoms with Crippen LogP contribution in [0.2, 0.25) is 26.2 Å². The molecule has 110 valence electrons. The molecule has 2 aromatic rings. The number of halogens is 2. The Bertz CT molecular complexity index is 575. The minimum atomic E-state index is -2.83.